The second kappa shape index (κ2) is 7.93. The van der Waals surface area contributed by atoms with Crippen molar-refractivity contribution in [1.29, 1.82) is 0 Å². The van der Waals surface area contributed by atoms with Crippen LogP contribution in [0.1, 0.15) is 23.6 Å². The Bertz CT molecular complexity index is 465. The summed E-state index contributed by atoms with van der Waals surface area (Å²) in [7, 11) is 2.23. The van der Waals surface area contributed by atoms with Gasteiger partial charge in [-0.25, -0.2) is 0 Å². The average molecular weight is 309 g/mol. The lowest BCUT2D eigenvalue weighted by atomic mass is 10.1. The molecule has 2 aromatic heterocycles. The van der Waals surface area contributed by atoms with Crippen LogP contribution < -0.4 is 5.32 Å². The van der Waals surface area contributed by atoms with Gasteiger partial charge in [-0.3, -0.25) is 4.90 Å². The first-order valence-electron chi connectivity index (χ1n) is 7.14. The fraction of sp³-hybridized carbons (Fsp3) is 0.500. The van der Waals surface area contributed by atoms with Gasteiger partial charge in [0.15, 0.2) is 0 Å². The van der Waals surface area contributed by atoms with Crippen molar-refractivity contribution in [3.05, 3.63) is 44.8 Å². The van der Waals surface area contributed by atoms with Crippen LogP contribution in [-0.4, -0.2) is 30.6 Å². The molecule has 2 unspecified atom stereocenters. The molecule has 2 heterocycles. The maximum atomic E-state index is 3.55. The van der Waals surface area contributed by atoms with Crippen LogP contribution in [0.25, 0.3) is 0 Å². The fourth-order valence-electron chi connectivity index (χ4n) is 2.26. The van der Waals surface area contributed by atoms with Gasteiger partial charge in [0, 0.05) is 34.9 Å². The standard InChI is InChI=1S/C16H24N2S2/c1-13(10-15-6-4-8-19-15)18(3)14(2)11-17-12-16-7-5-9-20-16/h4-9,13-14,17H,10-12H2,1-3H3. The Morgan fingerprint density at radius 1 is 1.05 bits per heavy atom. The van der Waals surface area contributed by atoms with Crippen molar-refractivity contribution in [2.75, 3.05) is 13.6 Å². The molecule has 2 aromatic rings. The molecule has 20 heavy (non-hydrogen) atoms. The second-order valence-corrected chi connectivity index (χ2v) is 7.42. The largest absolute Gasteiger partial charge is 0.310 e. The van der Waals surface area contributed by atoms with Crippen molar-refractivity contribution in [3.63, 3.8) is 0 Å². The number of nitrogens with zero attached hydrogens (tertiary/aromatic N) is 1. The van der Waals surface area contributed by atoms with E-state index >= 15 is 0 Å². The highest BCUT2D eigenvalue weighted by Crippen LogP contribution is 2.15. The molecule has 1 N–H and O–H groups in total. The van der Waals surface area contributed by atoms with Gasteiger partial charge in [-0.1, -0.05) is 12.1 Å². The Morgan fingerprint density at radius 3 is 2.30 bits per heavy atom. The maximum Gasteiger partial charge on any atom is 0.0300 e. The molecule has 0 spiro atoms. The van der Waals surface area contributed by atoms with Gasteiger partial charge in [-0.05, 0) is 50.2 Å². The highest BCUT2D eigenvalue weighted by atomic mass is 32.1. The monoisotopic (exact) mass is 308 g/mol. The zero-order chi connectivity index (χ0) is 14.4. The first-order chi connectivity index (χ1) is 9.66. The summed E-state index contributed by atoms with van der Waals surface area (Å²) in [5.41, 5.74) is 0. The topological polar surface area (TPSA) is 15.3 Å². The number of nitrogens with one attached hydrogen (secondary N) is 1. The molecular formula is C16H24N2S2. The van der Waals surface area contributed by atoms with E-state index in [-0.39, 0.29) is 0 Å². The average Bonchev–Trinajstić information content (AvgIpc) is 3.10. The van der Waals surface area contributed by atoms with Crippen LogP contribution in [0.4, 0.5) is 0 Å². The number of hydrogen-bond donors (Lipinski definition) is 1. The van der Waals surface area contributed by atoms with Crippen molar-refractivity contribution in [1.82, 2.24) is 10.2 Å². The minimum absolute atomic E-state index is 0.546. The van der Waals surface area contributed by atoms with Crippen molar-refractivity contribution in [2.45, 2.75) is 38.9 Å². The Hall–Kier alpha value is -0.680. The normalized spacial score (nSPS) is 14.6. The first kappa shape index (κ1) is 15.7. The summed E-state index contributed by atoms with van der Waals surface area (Å²) in [4.78, 5) is 5.36. The summed E-state index contributed by atoms with van der Waals surface area (Å²) >= 11 is 3.67. The lowest BCUT2D eigenvalue weighted by Gasteiger charge is -2.30. The molecule has 0 radical (unpaired) electrons. The summed E-state index contributed by atoms with van der Waals surface area (Å²) in [5.74, 6) is 0. The summed E-state index contributed by atoms with van der Waals surface area (Å²) in [6.45, 7) is 6.63. The maximum absolute atomic E-state index is 3.55. The Kier molecular flexibility index (Phi) is 6.23. The summed E-state index contributed by atoms with van der Waals surface area (Å²) in [6.07, 6.45) is 1.14. The molecule has 110 valence electrons. The lowest BCUT2D eigenvalue weighted by Crippen LogP contribution is -2.43. The van der Waals surface area contributed by atoms with E-state index < -0.39 is 0 Å². The van der Waals surface area contributed by atoms with Crippen molar-refractivity contribution in [2.24, 2.45) is 0 Å². The van der Waals surface area contributed by atoms with E-state index in [4.69, 9.17) is 0 Å². The van der Waals surface area contributed by atoms with Gasteiger partial charge in [-0.2, -0.15) is 0 Å². The van der Waals surface area contributed by atoms with Gasteiger partial charge in [0.1, 0.15) is 0 Å². The molecule has 2 rings (SSSR count). The number of likely N-dealkylation sites (N-methyl/N-ethyl adjacent to an activating group) is 1. The molecule has 2 nitrogen and oxygen atoms in total. The SMILES string of the molecule is CC(CNCc1cccs1)N(C)C(C)Cc1cccs1. The quantitative estimate of drug-likeness (QED) is 0.797. The van der Waals surface area contributed by atoms with Gasteiger partial charge < -0.3 is 5.32 Å². The summed E-state index contributed by atoms with van der Waals surface area (Å²) in [5, 5.41) is 7.85. The predicted octanol–water partition coefficient (Wildman–Crippen LogP) is 3.85. The highest BCUT2D eigenvalue weighted by molar-refractivity contribution is 7.10. The molecule has 0 saturated heterocycles. The minimum Gasteiger partial charge on any atom is -0.310 e. The predicted molar refractivity (Wildman–Crippen MR) is 90.7 cm³/mol. The molecule has 0 amide bonds. The number of rotatable bonds is 8. The lowest BCUT2D eigenvalue weighted by molar-refractivity contribution is 0.191. The van der Waals surface area contributed by atoms with Gasteiger partial charge in [0.05, 0.1) is 0 Å². The Balaban J connectivity index is 1.71. The zero-order valence-electron chi connectivity index (χ0n) is 12.5. The van der Waals surface area contributed by atoms with E-state index in [0.717, 1.165) is 19.5 Å². The third kappa shape index (κ3) is 4.70. The highest BCUT2D eigenvalue weighted by Gasteiger charge is 2.16. The van der Waals surface area contributed by atoms with Crippen LogP contribution in [-0.2, 0) is 13.0 Å². The third-order valence-electron chi connectivity index (χ3n) is 3.79. The van der Waals surface area contributed by atoms with Crippen LogP contribution in [0.3, 0.4) is 0 Å². The van der Waals surface area contributed by atoms with Crippen LogP contribution in [0.15, 0.2) is 35.0 Å². The summed E-state index contributed by atoms with van der Waals surface area (Å²) < 4.78 is 0. The molecular weight excluding hydrogens is 284 g/mol. The summed E-state index contributed by atoms with van der Waals surface area (Å²) in [6, 6.07) is 9.79. The minimum atomic E-state index is 0.546. The van der Waals surface area contributed by atoms with Crippen LogP contribution in [0, 0.1) is 0 Å². The van der Waals surface area contributed by atoms with E-state index in [9.17, 15) is 0 Å². The molecule has 0 fully saturated rings. The third-order valence-corrected chi connectivity index (χ3v) is 5.56. The van der Waals surface area contributed by atoms with Gasteiger partial charge in [-0.15, -0.1) is 22.7 Å². The fourth-order valence-corrected chi connectivity index (χ4v) is 3.76. The molecule has 0 aliphatic carbocycles. The smallest absolute Gasteiger partial charge is 0.0300 e. The molecule has 0 aliphatic rings. The molecule has 4 heteroatoms. The molecule has 0 aliphatic heterocycles. The van der Waals surface area contributed by atoms with E-state index in [2.05, 4.69) is 66.1 Å². The molecule has 0 bridgehead atoms. The van der Waals surface area contributed by atoms with E-state index in [0.29, 0.717) is 12.1 Å². The molecule has 0 aromatic carbocycles. The number of hydrogen-bond acceptors (Lipinski definition) is 4. The second-order valence-electron chi connectivity index (χ2n) is 5.36. The van der Waals surface area contributed by atoms with Crippen molar-refractivity contribution < 1.29 is 0 Å². The Labute approximate surface area is 130 Å². The van der Waals surface area contributed by atoms with E-state index in [1.165, 1.54) is 9.75 Å². The van der Waals surface area contributed by atoms with Gasteiger partial charge in [0.2, 0.25) is 0 Å². The van der Waals surface area contributed by atoms with E-state index in [1.54, 1.807) is 0 Å². The van der Waals surface area contributed by atoms with Crippen molar-refractivity contribution >= 4 is 22.7 Å². The molecule has 2 atom stereocenters. The van der Waals surface area contributed by atoms with Crippen LogP contribution in [0.2, 0.25) is 0 Å². The Morgan fingerprint density at radius 2 is 1.70 bits per heavy atom. The van der Waals surface area contributed by atoms with E-state index in [1.807, 2.05) is 22.7 Å². The first-order valence-corrected chi connectivity index (χ1v) is 8.90. The van der Waals surface area contributed by atoms with Crippen LogP contribution in [0.5, 0.6) is 0 Å². The van der Waals surface area contributed by atoms with Crippen LogP contribution >= 0.6 is 22.7 Å². The number of thiophene rings is 2. The molecule has 0 saturated carbocycles. The van der Waals surface area contributed by atoms with Gasteiger partial charge in [0.25, 0.3) is 0 Å². The zero-order valence-corrected chi connectivity index (χ0v) is 14.1. The van der Waals surface area contributed by atoms with Crippen molar-refractivity contribution in [3.8, 4) is 0 Å². The van der Waals surface area contributed by atoms with Gasteiger partial charge >= 0.3 is 0 Å².